The molecule has 0 saturated heterocycles. The Morgan fingerprint density at radius 1 is 0.684 bits per heavy atom. The summed E-state index contributed by atoms with van der Waals surface area (Å²) in [6, 6.07) is 24.7. The highest BCUT2D eigenvalue weighted by Crippen LogP contribution is 2.42. The van der Waals surface area contributed by atoms with Crippen molar-refractivity contribution in [3.05, 3.63) is 115 Å². The molecule has 4 heteroatoms. The van der Waals surface area contributed by atoms with Crippen LogP contribution >= 0.6 is 22.9 Å². The van der Waals surface area contributed by atoms with Crippen LogP contribution in [0.2, 0.25) is 5.02 Å². The van der Waals surface area contributed by atoms with Gasteiger partial charge in [-0.15, -0.1) is 11.3 Å². The van der Waals surface area contributed by atoms with Crippen molar-refractivity contribution < 1.29 is 0 Å². The molecule has 4 rings (SSSR count). The zero-order valence-electron chi connectivity index (χ0n) is 23.7. The maximum Gasteiger partial charge on any atom is 0.0443 e. The second kappa shape index (κ2) is 12.9. The maximum absolute atomic E-state index is 6.19. The Labute approximate surface area is 238 Å². The Bertz CT molecular complexity index is 1270. The molecule has 0 aliphatic rings. The van der Waals surface area contributed by atoms with Gasteiger partial charge in [-0.2, -0.15) is 0 Å². The van der Waals surface area contributed by atoms with E-state index in [4.69, 9.17) is 11.6 Å². The second-order valence-electron chi connectivity index (χ2n) is 9.97. The Morgan fingerprint density at radius 2 is 1.18 bits per heavy atom. The van der Waals surface area contributed by atoms with Crippen LogP contribution in [-0.2, 0) is 6.42 Å². The van der Waals surface area contributed by atoms with E-state index in [1.165, 1.54) is 49.6 Å². The molecule has 3 aromatic carbocycles. The number of aryl methyl sites for hydroxylation is 2. The second-order valence-corrected chi connectivity index (χ2v) is 11.4. The van der Waals surface area contributed by atoms with Crippen molar-refractivity contribution in [2.24, 2.45) is 0 Å². The highest BCUT2D eigenvalue weighted by Gasteiger charge is 2.26. The van der Waals surface area contributed by atoms with Crippen molar-refractivity contribution in [2.45, 2.75) is 53.9 Å². The summed E-state index contributed by atoms with van der Waals surface area (Å²) in [5, 5.41) is 3.05. The number of hydrogen-bond acceptors (Lipinski definition) is 3. The lowest BCUT2D eigenvalue weighted by molar-refractivity contribution is 0.855. The van der Waals surface area contributed by atoms with E-state index in [0.717, 1.165) is 37.6 Å². The van der Waals surface area contributed by atoms with E-state index in [2.05, 4.69) is 111 Å². The number of thiophene rings is 1. The third-order valence-corrected chi connectivity index (χ3v) is 9.03. The van der Waals surface area contributed by atoms with Gasteiger partial charge < -0.3 is 9.80 Å². The third kappa shape index (κ3) is 6.11. The minimum Gasteiger partial charge on any atom is -0.372 e. The number of anilines is 2. The van der Waals surface area contributed by atoms with E-state index < -0.39 is 0 Å². The summed E-state index contributed by atoms with van der Waals surface area (Å²) in [5.74, 6) is 0.170. The van der Waals surface area contributed by atoms with Gasteiger partial charge in [0.25, 0.3) is 0 Å². The lowest BCUT2D eigenvalue weighted by Crippen LogP contribution is -2.23. The monoisotopic (exact) mass is 544 g/mol. The third-order valence-electron chi connectivity index (χ3n) is 7.76. The number of hydrogen-bond donors (Lipinski definition) is 0. The first-order valence-corrected chi connectivity index (χ1v) is 15.2. The standard InChI is InChI=1S/C34H41ClN2S/c1-7-36(8-2)29-17-11-24(5)31(22-29)33(32-23-30(18-12-25(32)6)37(9-3)10-4)34-27(19-20-38-34)21-26-13-15-28(35)16-14-26/h11-20,22-23,33H,7-10,21H2,1-6H3. The summed E-state index contributed by atoms with van der Waals surface area (Å²) in [5.41, 5.74) is 10.7. The fraction of sp³-hybridized carbons (Fsp3) is 0.353. The van der Waals surface area contributed by atoms with E-state index >= 15 is 0 Å². The van der Waals surface area contributed by atoms with Gasteiger partial charge in [0.2, 0.25) is 0 Å². The number of halogens is 1. The van der Waals surface area contributed by atoms with Gasteiger partial charge in [0, 0.05) is 53.4 Å². The first-order chi connectivity index (χ1) is 18.4. The molecule has 0 amide bonds. The molecule has 1 heterocycles. The Hall–Kier alpha value is -2.75. The smallest absolute Gasteiger partial charge is 0.0443 e. The molecule has 0 unspecified atom stereocenters. The SMILES string of the molecule is CCN(CC)c1ccc(C)c(C(c2cc(N(CC)CC)ccc2C)c2sccc2Cc2ccc(Cl)cc2)c1. The van der Waals surface area contributed by atoms with Crippen molar-refractivity contribution in [1.82, 2.24) is 0 Å². The van der Waals surface area contributed by atoms with Crippen LogP contribution in [0.3, 0.4) is 0 Å². The number of rotatable bonds is 11. The molecule has 0 spiro atoms. The zero-order valence-corrected chi connectivity index (χ0v) is 25.3. The predicted octanol–water partition coefficient (Wildman–Crippen LogP) is 9.48. The molecule has 4 aromatic rings. The van der Waals surface area contributed by atoms with Crippen molar-refractivity contribution in [3.63, 3.8) is 0 Å². The molecule has 0 radical (unpaired) electrons. The van der Waals surface area contributed by atoms with Crippen molar-refractivity contribution in [2.75, 3.05) is 36.0 Å². The molecule has 0 aliphatic carbocycles. The van der Waals surface area contributed by atoms with Crippen LogP contribution in [0, 0.1) is 13.8 Å². The quantitative estimate of drug-likeness (QED) is 0.185. The van der Waals surface area contributed by atoms with E-state index in [9.17, 15) is 0 Å². The lowest BCUT2D eigenvalue weighted by Gasteiger charge is -2.28. The fourth-order valence-electron chi connectivity index (χ4n) is 5.47. The highest BCUT2D eigenvalue weighted by atomic mass is 35.5. The van der Waals surface area contributed by atoms with Crippen LogP contribution < -0.4 is 9.80 Å². The average Bonchev–Trinajstić information content (AvgIpc) is 3.37. The number of benzene rings is 3. The largest absolute Gasteiger partial charge is 0.372 e. The summed E-state index contributed by atoms with van der Waals surface area (Å²) < 4.78 is 0. The van der Waals surface area contributed by atoms with Gasteiger partial charge in [0.05, 0.1) is 0 Å². The molecular weight excluding hydrogens is 504 g/mol. The fourth-order valence-corrected chi connectivity index (χ4v) is 6.65. The Kier molecular flexibility index (Phi) is 9.57. The van der Waals surface area contributed by atoms with Gasteiger partial charge in [-0.3, -0.25) is 0 Å². The Balaban J connectivity index is 1.92. The minimum absolute atomic E-state index is 0.170. The highest BCUT2D eigenvalue weighted by molar-refractivity contribution is 7.10. The summed E-state index contributed by atoms with van der Waals surface area (Å²) in [4.78, 5) is 6.32. The summed E-state index contributed by atoms with van der Waals surface area (Å²) >= 11 is 8.08. The van der Waals surface area contributed by atoms with Crippen LogP contribution in [0.1, 0.15) is 71.9 Å². The minimum atomic E-state index is 0.170. The molecule has 1 aromatic heterocycles. The summed E-state index contributed by atoms with van der Waals surface area (Å²) in [6.07, 6.45) is 0.899. The molecule has 200 valence electrons. The predicted molar refractivity (Wildman–Crippen MR) is 169 cm³/mol. The average molecular weight is 545 g/mol. The van der Waals surface area contributed by atoms with E-state index in [1.807, 2.05) is 23.5 Å². The lowest BCUT2D eigenvalue weighted by atomic mass is 9.82. The van der Waals surface area contributed by atoms with Crippen molar-refractivity contribution in [1.29, 1.82) is 0 Å². The molecule has 2 nitrogen and oxygen atoms in total. The first-order valence-electron chi connectivity index (χ1n) is 13.9. The molecule has 0 aliphatic heterocycles. The summed E-state index contributed by atoms with van der Waals surface area (Å²) in [6.45, 7) is 17.5. The topological polar surface area (TPSA) is 6.48 Å². The van der Waals surface area contributed by atoms with Crippen LogP contribution in [0.15, 0.2) is 72.1 Å². The molecule has 38 heavy (non-hydrogen) atoms. The molecule has 0 bridgehead atoms. The van der Waals surface area contributed by atoms with E-state index in [-0.39, 0.29) is 5.92 Å². The first kappa shape index (κ1) is 28.3. The molecule has 0 saturated carbocycles. The van der Waals surface area contributed by atoms with Gasteiger partial charge in [-0.1, -0.05) is 35.9 Å². The molecule has 0 fully saturated rings. The van der Waals surface area contributed by atoms with E-state index in [0.29, 0.717) is 0 Å². The van der Waals surface area contributed by atoms with Gasteiger partial charge in [-0.05, 0) is 129 Å². The van der Waals surface area contributed by atoms with Crippen LogP contribution in [-0.4, -0.2) is 26.2 Å². The van der Waals surface area contributed by atoms with Crippen LogP contribution in [0.25, 0.3) is 0 Å². The van der Waals surface area contributed by atoms with E-state index in [1.54, 1.807) is 0 Å². The number of nitrogens with zero attached hydrogens (tertiary/aromatic N) is 2. The van der Waals surface area contributed by atoms with Crippen LogP contribution in [0.4, 0.5) is 11.4 Å². The van der Waals surface area contributed by atoms with Gasteiger partial charge in [0.15, 0.2) is 0 Å². The van der Waals surface area contributed by atoms with Crippen molar-refractivity contribution in [3.8, 4) is 0 Å². The van der Waals surface area contributed by atoms with Gasteiger partial charge in [0.1, 0.15) is 0 Å². The normalized spacial score (nSPS) is 11.3. The summed E-state index contributed by atoms with van der Waals surface area (Å²) in [7, 11) is 0. The Morgan fingerprint density at radius 3 is 1.66 bits per heavy atom. The molecule has 0 N–H and O–H groups in total. The van der Waals surface area contributed by atoms with Crippen molar-refractivity contribution >= 4 is 34.3 Å². The zero-order chi connectivity index (χ0) is 27.2. The maximum atomic E-state index is 6.19. The van der Waals surface area contributed by atoms with Gasteiger partial charge in [-0.25, -0.2) is 0 Å². The van der Waals surface area contributed by atoms with Crippen LogP contribution in [0.5, 0.6) is 0 Å². The van der Waals surface area contributed by atoms with Gasteiger partial charge >= 0.3 is 0 Å². The molecular formula is C34H41ClN2S. The molecule has 0 atom stereocenters.